The van der Waals surface area contributed by atoms with Gasteiger partial charge in [0.1, 0.15) is 17.4 Å². The lowest BCUT2D eigenvalue weighted by molar-refractivity contribution is 0.197. The van der Waals surface area contributed by atoms with E-state index in [0.29, 0.717) is 19.8 Å². The Hall–Kier alpha value is -3.47. The van der Waals surface area contributed by atoms with Crippen molar-refractivity contribution >= 4 is 23.0 Å². The molecule has 10 nitrogen and oxygen atoms in total. The number of piperazine rings is 2. The number of rotatable bonds is 13. The molecule has 0 radical (unpaired) electrons. The number of hydrogen-bond donors (Lipinski definition) is 0. The Balaban J connectivity index is 1.04. The highest BCUT2D eigenvalue weighted by molar-refractivity contribution is 6.33. The standard InChI is InChI=1S/C32H43ClN6O4/c1-3-42-28-10-5-4-9-26(28)37-19-15-35(16-20-37)13-8-14-39-32(40)31(33)27(25-34-39)38-21-17-36(18-22-38)23-24-43-30-12-7-6-11-29(30)41-2/h4-7,9-12,25H,3,8,13-24H2,1-2H3. The average Bonchev–Trinajstić information content (AvgIpc) is 3.05. The molecule has 2 aromatic carbocycles. The zero-order chi connectivity index (χ0) is 30.0. The number of hydrogen-bond acceptors (Lipinski definition) is 9. The van der Waals surface area contributed by atoms with Gasteiger partial charge in [-0.2, -0.15) is 5.10 Å². The maximum absolute atomic E-state index is 13.1. The molecule has 1 aromatic heterocycles. The van der Waals surface area contributed by atoms with Crippen molar-refractivity contribution in [3.63, 3.8) is 0 Å². The summed E-state index contributed by atoms with van der Waals surface area (Å²) in [6.45, 7) is 12.7. The van der Waals surface area contributed by atoms with Gasteiger partial charge >= 0.3 is 0 Å². The molecule has 0 spiro atoms. The molecule has 232 valence electrons. The molecule has 0 saturated carbocycles. The Morgan fingerprint density at radius 1 is 0.744 bits per heavy atom. The van der Waals surface area contributed by atoms with Gasteiger partial charge in [-0.15, -0.1) is 0 Å². The molecule has 0 atom stereocenters. The number of aryl methyl sites for hydroxylation is 1. The highest BCUT2D eigenvalue weighted by Crippen LogP contribution is 2.29. The first kappa shape index (κ1) is 31.0. The van der Waals surface area contributed by atoms with Crippen LogP contribution in [-0.2, 0) is 6.54 Å². The third-order valence-corrected chi connectivity index (χ3v) is 8.49. The largest absolute Gasteiger partial charge is 0.493 e. The van der Waals surface area contributed by atoms with E-state index in [2.05, 4.69) is 36.8 Å². The van der Waals surface area contributed by atoms with Gasteiger partial charge in [-0.05, 0) is 37.6 Å². The van der Waals surface area contributed by atoms with Crippen LogP contribution in [0.1, 0.15) is 13.3 Å². The number of benzene rings is 2. The lowest BCUT2D eigenvalue weighted by Gasteiger charge is -2.36. The highest BCUT2D eigenvalue weighted by atomic mass is 35.5. The first-order valence-electron chi connectivity index (χ1n) is 15.2. The van der Waals surface area contributed by atoms with E-state index in [4.69, 9.17) is 25.8 Å². The van der Waals surface area contributed by atoms with Crippen LogP contribution in [0, 0.1) is 0 Å². The van der Waals surface area contributed by atoms with E-state index < -0.39 is 0 Å². The molecule has 0 bridgehead atoms. The third-order valence-electron chi connectivity index (χ3n) is 8.14. The van der Waals surface area contributed by atoms with E-state index in [-0.39, 0.29) is 10.6 Å². The van der Waals surface area contributed by atoms with E-state index in [0.717, 1.165) is 100 Å². The van der Waals surface area contributed by atoms with Crippen molar-refractivity contribution in [2.75, 3.05) is 95.6 Å². The van der Waals surface area contributed by atoms with Crippen LogP contribution in [0.4, 0.5) is 11.4 Å². The molecule has 2 aliphatic rings. The van der Waals surface area contributed by atoms with Crippen LogP contribution in [0.2, 0.25) is 5.02 Å². The van der Waals surface area contributed by atoms with Crippen molar-refractivity contribution in [1.82, 2.24) is 19.6 Å². The Morgan fingerprint density at radius 3 is 2.02 bits per heavy atom. The van der Waals surface area contributed by atoms with Gasteiger partial charge in [0, 0.05) is 72.0 Å². The van der Waals surface area contributed by atoms with Crippen LogP contribution in [0.5, 0.6) is 17.2 Å². The minimum absolute atomic E-state index is 0.218. The number of nitrogens with zero attached hydrogens (tertiary/aromatic N) is 6. The average molecular weight is 611 g/mol. The fourth-order valence-corrected chi connectivity index (χ4v) is 5.99. The molecule has 11 heteroatoms. The second-order valence-electron chi connectivity index (χ2n) is 10.8. The predicted octanol–water partition coefficient (Wildman–Crippen LogP) is 3.72. The van der Waals surface area contributed by atoms with E-state index in [1.807, 2.05) is 43.3 Å². The van der Waals surface area contributed by atoms with E-state index in [9.17, 15) is 4.79 Å². The van der Waals surface area contributed by atoms with Gasteiger partial charge in [-0.1, -0.05) is 35.9 Å². The van der Waals surface area contributed by atoms with Crippen LogP contribution < -0.4 is 29.6 Å². The molecule has 0 unspecified atom stereocenters. The number of anilines is 2. The predicted molar refractivity (Wildman–Crippen MR) is 172 cm³/mol. The fraction of sp³-hybridized carbons (Fsp3) is 0.500. The maximum atomic E-state index is 13.1. The molecule has 3 aromatic rings. The number of halogens is 1. The Morgan fingerprint density at radius 2 is 1.35 bits per heavy atom. The smallest absolute Gasteiger partial charge is 0.287 e. The van der Waals surface area contributed by atoms with Crippen LogP contribution in [-0.4, -0.2) is 105 Å². The van der Waals surface area contributed by atoms with Crippen molar-refractivity contribution in [2.45, 2.75) is 19.9 Å². The first-order valence-corrected chi connectivity index (χ1v) is 15.6. The van der Waals surface area contributed by atoms with Gasteiger partial charge < -0.3 is 24.0 Å². The lowest BCUT2D eigenvalue weighted by Crippen LogP contribution is -2.48. The molecule has 0 amide bonds. The van der Waals surface area contributed by atoms with Crippen LogP contribution in [0.25, 0.3) is 0 Å². The monoisotopic (exact) mass is 610 g/mol. The number of aromatic nitrogens is 2. The van der Waals surface area contributed by atoms with Crippen molar-refractivity contribution < 1.29 is 14.2 Å². The van der Waals surface area contributed by atoms with E-state index in [1.165, 1.54) is 4.68 Å². The summed E-state index contributed by atoms with van der Waals surface area (Å²) in [5.74, 6) is 2.44. The molecular weight excluding hydrogens is 568 g/mol. The normalized spacial score (nSPS) is 16.3. The molecule has 0 N–H and O–H groups in total. The van der Waals surface area contributed by atoms with Crippen molar-refractivity contribution in [1.29, 1.82) is 0 Å². The molecule has 5 rings (SSSR count). The summed E-state index contributed by atoms with van der Waals surface area (Å²) in [6, 6.07) is 15.9. The maximum Gasteiger partial charge on any atom is 0.287 e. The fourth-order valence-electron chi connectivity index (χ4n) is 5.72. The molecule has 3 heterocycles. The van der Waals surface area contributed by atoms with Crippen molar-refractivity contribution in [3.8, 4) is 17.2 Å². The summed E-state index contributed by atoms with van der Waals surface area (Å²) in [5.41, 5.74) is 1.66. The van der Waals surface area contributed by atoms with Crippen LogP contribution in [0.3, 0.4) is 0 Å². The molecule has 2 saturated heterocycles. The number of ether oxygens (including phenoxy) is 3. The van der Waals surface area contributed by atoms with Gasteiger partial charge in [0.2, 0.25) is 0 Å². The van der Waals surface area contributed by atoms with Gasteiger partial charge in [-0.3, -0.25) is 14.6 Å². The van der Waals surface area contributed by atoms with Gasteiger partial charge in [0.05, 0.1) is 31.3 Å². The molecule has 2 aliphatic heterocycles. The molecular formula is C32H43ClN6O4. The summed E-state index contributed by atoms with van der Waals surface area (Å²) in [6.07, 6.45) is 2.59. The molecule has 0 aliphatic carbocycles. The summed E-state index contributed by atoms with van der Waals surface area (Å²) in [7, 11) is 1.65. The Labute approximate surface area is 259 Å². The topological polar surface area (TPSA) is 75.5 Å². The van der Waals surface area contributed by atoms with Crippen LogP contribution in [0.15, 0.2) is 59.5 Å². The van der Waals surface area contributed by atoms with Crippen LogP contribution >= 0.6 is 11.6 Å². The van der Waals surface area contributed by atoms with E-state index >= 15 is 0 Å². The first-order chi connectivity index (χ1) is 21.1. The van der Waals surface area contributed by atoms with Gasteiger partial charge in [0.15, 0.2) is 11.5 Å². The quantitative estimate of drug-likeness (QED) is 0.288. The number of methoxy groups -OCH3 is 1. The summed E-state index contributed by atoms with van der Waals surface area (Å²) in [5, 5.41) is 4.74. The second-order valence-corrected chi connectivity index (χ2v) is 11.2. The van der Waals surface area contributed by atoms with Gasteiger partial charge in [-0.25, -0.2) is 4.68 Å². The lowest BCUT2D eigenvalue weighted by atomic mass is 10.2. The minimum atomic E-state index is -0.218. The SMILES string of the molecule is CCOc1ccccc1N1CCN(CCCn2ncc(N3CCN(CCOc4ccccc4OC)CC3)c(Cl)c2=O)CC1. The minimum Gasteiger partial charge on any atom is -0.493 e. The Kier molecular flexibility index (Phi) is 11.0. The molecule has 43 heavy (non-hydrogen) atoms. The zero-order valence-electron chi connectivity index (χ0n) is 25.3. The third kappa shape index (κ3) is 7.93. The van der Waals surface area contributed by atoms with Crippen molar-refractivity contribution in [2.24, 2.45) is 0 Å². The van der Waals surface area contributed by atoms with E-state index in [1.54, 1.807) is 13.3 Å². The highest BCUT2D eigenvalue weighted by Gasteiger charge is 2.22. The summed E-state index contributed by atoms with van der Waals surface area (Å²) in [4.78, 5) is 22.4. The second kappa shape index (κ2) is 15.3. The van der Waals surface area contributed by atoms with Crippen molar-refractivity contribution in [3.05, 3.63) is 70.1 Å². The number of para-hydroxylation sites is 4. The summed E-state index contributed by atoms with van der Waals surface area (Å²) >= 11 is 6.60. The summed E-state index contributed by atoms with van der Waals surface area (Å²) < 4.78 is 18.6. The Bertz CT molecular complexity index is 1370. The zero-order valence-corrected chi connectivity index (χ0v) is 26.0. The molecule has 2 fully saturated rings. The van der Waals surface area contributed by atoms with Gasteiger partial charge in [0.25, 0.3) is 5.56 Å².